The molecule has 0 aliphatic carbocycles. The highest BCUT2D eigenvalue weighted by molar-refractivity contribution is 5.88. The van der Waals surface area contributed by atoms with E-state index in [0.717, 1.165) is 24.3 Å². The highest BCUT2D eigenvalue weighted by Gasteiger charge is 2.46. The predicted octanol–water partition coefficient (Wildman–Crippen LogP) is -0.497. The Morgan fingerprint density at radius 2 is 1.42 bits per heavy atom. The number of benzene rings is 2. The minimum atomic E-state index is -1.83. The largest absolute Gasteiger partial charge is 0.507 e. The molecule has 0 amide bonds. The highest BCUT2D eigenvalue weighted by Crippen LogP contribution is 2.45. The van der Waals surface area contributed by atoms with Crippen LogP contribution in [0.5, 0.6) is 28.7 Å². The van der Waals surface area contributed by atoms with Crippen LogP contribution in [-0.2, 0) is 4.74 Å². The van der Waals surface area contributed by atoms with E-state index in [1.807, 2.05) is 0 Å². The molecule has 0 spiro atoms. The number of phenols is 5. The number of fused-ring (bicyclic) bond motifs is 1. The van der Waals surface area contributed by atoms with Gasteiger partial charge in [-0.3, -0.25) is 4.79 Å². The standard InChI is InChI=1S/C21H20O12/c22-5-13-17(28)19(30)20(31)21(33-13)15-8(24)4-12-14(18(15)29)7(23)3-11(32-12)6-1-9(25)16(27)10(26)2-6/h1-4,13,17,19-22,24-31H,5H2/t13?,17-,19+,20?,21+/m1/s1. The van der Waals surface area contributed by atoms with Crippen LogP contribution in [-0.4, -0.2) is 77.0 Å². The van der Waals surface area contributed by atoms with Gasteiger partial charge in [0.2, 0.25) is 0 Å². The van der Waals surface area contributed by atoms with Crippen LogP contribution in [0.2, 0.25) is 0 Å². The molecule has 1 aromatic heterocycles. The zero-order chi connectivity index (χ0) is 24.2. The van der Waals surface area contributed by atoms with Gasteiger partial charge in [0.05, 0.1) is 12.2 Å². The molecule has 2 heterocycles. The third kappa shape index (κ3) is 3.59. The van der Waals surface area contributed by atoms with Gasteiger partial charge in [0.15, 0.2) is 22.7 Å². The normalized spacial score (nSPS) is 25.4. The van der Waals surface area contributed by atoms with Crippen molar-refractivity contribution >= 4 is 11.0 Å². The van der Waals surface area contributed by atoms with Gasteiger partial charge in [-0.05, 0) is 12.1 Å². The summed E-state index contributed by atoms with van der Waals surface area (Å²) in [6.07, 6.45) is -8.22. The summed E-state index contributed by atoms with van der Waals surface area (Å²) in [4.78, 5) is 12.8. The summed E-state index contributed by atoms with van der Waals surface area (Å²) < 4.78 is 10.9. The molecule has 1 fully saturated rings. The molecule has 1 saturated heterocycles. The Balaban J connectivity index is 1.87. The Morgan fingerprint density at radius 1 is 0.788 bits per heavy atom. The van der Waals surface area contributed by atoms with Crippen molar-refractivity contribution in [2.45, 2.75) is 30.5 Å². The second kappa shape index (κ2) is 8.10. The SMILES string of the molecule is O=c1cc(-c2cc(O)c(O)c(O)c2)oc2cc(O)c([C@@H]3OC(CO)[C@@H](O)[C@H](O)C3O)c(O)c12. The summed E-state index contributed by atoms with van der Waals surface area (Å²) >= 11 is 0. The lowest BCUT2D eigenvalue weighted by Gasteiger charge is -2.40. The van der Waals surface area contributed by atoms with E-state index >= 15 is 0 Å². The van der Waals surface area contributed by atoms with Crippen molar-refractivity contribution in [3.05, 3.63) is 40.1 Å². The molecule has 2 aromatic carbocycles. The lowest BCUT2D eigenvalue weighted by atomic mass is 9.89. The van der Waals surface area contributed by atoms with E-state index in [1.165, 1.54) is 0 Å². The number of aliphatic hydroxyl groups is 4. The summed E-state index contributed by atoms with van der Waals surface area (Å²) in [5, 5.41) is 89.4. The Morgan fingerprint density at radius 3 is 2.03 bits per heavy atom. The lowest BCUT2D eigenvalue weighted by molar-refractivity contribution is -0.232. The molecule has 176 valence electrons. The van der Waals surface area contributed by atoms with Crippen LogP contribution in [0.15, 0.2) is 33.5 Å². The van der Waals surface area contributed by atoms with Gasteiger partial charge in [-0.15, -0.1) is 0 Å². The van der Waals surface area contributed by atoms with Crippen molar-refractivity contribution in [3.8, 4) is 40.1 Å². The van der Waals surface area contributed by atoms with E-state index in [0.29, 0.717) is 0 Å². The van der Waals surface area contributed by atoms with E-state index in [4.69, 9.17) is 9.15 Å². The van der Waals surface area contributed by atoms with Crippen molar-refractivity contribution in [1.29, 1.82) is 0 Å². The monoisotopic (exact) mass is 464 g/mol. The third-order valence-electron chi connectivity index (χ3n) is 5.54. The number of hydrogen-bond donors (Lipinski definition) is 9. The molecular formula is C21H20O12. The van der Waals surface area contributed by atoms with Gasteiger partial charge in [0, 0.05) is 17.7 Å². The molecule has 5 atom stereocenters. The van der Waals surface area contributed by atoms with Crippen LogP contribution in [0.3, 0.4) is 0 Å². The smallest absolute Gasteiger partial charge is 0.200 e. The molecule has 33 heavy (non-hydrogen) atoms. The summed E-state index contributed by atoms with van der Waals surface area (Å²) in [5.41, 5.74) is -1.60. The van der Waals surface area contributed by atoms with Crippen molar-refractivity contribution in [3.63, 3.8) is 0 Å². The fraction of sp³-hybridized carbons (Fsp3) is 0.286. The van der Waals surface area contributed by atoms with Crippen LogP contribution in [0, 0.1) is 0 Å². The quantitative estimate of drug-likeness (QED) is 0.224. The second-order valence-corrected chi connectivity index (χ2v) is 7.62. The summed E-state index contributed by atoms with van der Waals surface area (Å²) in [6, 6.07) is 3.89. The minimum absolute atomic E-state index is 0.00112. The number of aromatic hydroxyl groups is 5. The van der Waals surface area contributed by atoms with Crippen molar-refractivity contribution in [2.24, 2.45) is 0 Å². The number of ether oxygens (including phenoxy) is 1. The van der Waals surface area contributed by atoms with Gasteiger partial charge in [0.1, 0.15) is 58.7 Å². The van der Waals surface area contributed by atoms with Gasteiger partial charge in [-0.2, -0.15) is 0 Å². The molecule has 12 nitrogen and oxygen atoms in total. The zero-order valence-corrected chi connectivity index (χ0v) is 16.7. The van der Waals surface area contributed by atoms with E-state index in [-0.39, 0.29) is 16.9 Å². The average Bonchev–Trinajstić information content (AvgIpc) is 2.76. The molecule has 1 aliphatic rings. The Labute approximate surface area is 184 Å². The number of aliphatic hydroxyl groups excluding tert-OH is 4. The molecule has 4 rings (SSSR count). The van der Waals surface area contributed by atoms with Gasteiger partial charge in [0.25, 0.3) is 0 Å². The molecule has 12 heteroatoms. The summed E-state index contributed by atoms with van der Waals surface area (Å²) in [5.74, 6) is -3.85. The summed E-state index contributed by atoms with van der Waals surface area (Å²) in [7, 11) is 0. The van der Waals surface area contributed by atoms with E-state index in [9.17, 15) is 50.8 Å². The topological polar surface area (TPSA) is 222 Å². The Kier molecular flexibility index (Phi) is 5.56. The van der Waals surface area contributed by atoms with Crippen molar-refractivity contribution in [1.82, 2.24) is 0 Å². The van der Waals surface area contributed by atoms with E-state index in [1.54, 1.807) is 0 Å². The van der Waals surface area contributed by atoms with Crippen LogP contribution >= 0.6 is 0 Å². The first-order valence-electron chi connectivity index (χ1n) is 9.63. The molecule has 0 radical (unpaired) electrons. The number of rotatable bonds is 3. The second-order valence-electron chi connectivity index (χ2n) is 7.62. The van der Waals surface area contributed by atoms with Crippen molar-refractivity contribution in [2.75, 3.05) is 6.61 Å². The Hall–Kier alpha value is -3.55. The first kappa shape index (κ1) is 22.6. The van der Waals surface area contributed by atoms with Crippen LogP contribution in [0.4, 0.5) is 0 Å². The predicted molar refractivity (Wildman–Crippen MR) is 109 cm³/mol. The maximum absolute atomic E-state index is 12.8. The minimum Gasteiger partial charge on any atom is -0.507 e. The van der Waals surface area contributed by atoms with Crippen LogP contribution in [0.25, 0.3) is 22.3 Å². The molecule has 9 N–H and O–H groups in total. The first-order chi connectivity index (χ1) is 15.5. The van der Waals surface area contributed by atoms with Crippen LogP contribution in [0.1, 0.15) is 11.7 Å². The van der Waals surface area contributed by atoms with Gasteiger partial charge >= 0.3 is 0 Å². The number of phenolic OH excluding ortho intramolecular Hbond substituents is 5. The first-order valence-corrected chi connectivity index (χ1v) is 9.63. The van der Waals surface area contributed by atoms with Gasteiger partial charge < -0.3 is 55.1 Å². The fourth-order valence-corrected chi connectivity index (χ4v) is 3.81. The van der Waals surface area contributed by atoms with E-state index in [2.05, 4.69) is 0 Å². The van der Waals surface area contributed by atoms with Crippen molar-refractivity contribution < 1.29 is 55.1 Å². The van der Waals surface area contributed by atoms with Crippen LogP contribution < -0.4 is 5.43 Å². The van der Waals surface area contributed by atoms with E-state index < -0.39 is 82.3 Å². The summed E-state index contributed by atoms with van der Waals surface area (Å²) in [6.45, 7) is -0.742. The Bertz CT molecular complexity index is 1260. The highest BCUT2D eigenvalue weighted by atomic mass is 16.5. The van der Waals surface area contributed by atoms with Gasteiger partial charge in [-0.25, -0.2) is 0 Å². The maximum atomic E-state index is 12.8. The van der Waals surface area contributed by atoms with Gasteiger partial charge in [-0.1, -0.05) is 0 Å². The zero-order valence-electron chi connectivity index (χ0n) is 16.7. The third-order valence-corrected chi connectivity index (χ3v) is 5.54. The molecule has 1 aliphatic heterocycles. The molecular weight excluding hydrogens is 444 g/mol. The average molecular weight is 464 g/mol. The fourth-order valence-electron chi connectivity index (χ4n) is 3.81. The molecule has 3 aromatic rings. The molecule has 2 unspecified atom stereocenters. The molecule has 0 saturated carbocycles. The number of hydrogen-bond acceptors (Lipinski definition) is 12. The maximum Gasteiger partial charge on any atom is 0.200 e. The molecule has 0 bridgehead atoms. The lowest BCUT2D eigenvalue weighted by Crippen LogP contribution is -2.55.